The Morgan fingerprint density at radius 1 is 1.39 bits per heavy atom. The second-order valence-corrected chi connectivity index (χ2v) is 8.25. The largest absolute Gasteiger partial charge is 0.374 e. The summed E-state index contributed by atoms with van der Waals surface area (Å²) in [5.74, 6) is 1.67. The molecule has 3 heterocycles. The number of likely N-dealkylation sites (tertiary alicyclic amines) is 1. The van der Waals surface area contributed by atoms with Gasteiger partial charge < -0.3 is 9.64 Å². The minimum absolute atomic E-state index is 0.339. The van der Waals surface area contributed by atoms with Gasteiger partial charge in [-0.1, -0.05) is 28.0 Å². The van der Waals surface area contributed by atoms with E-state index < -0.39 is 0 Å². The molecule has 3 rings (SSSR count). The summed E-state index contributed by atoms with van der Waals surface area (Å²) >= 11 is 0. The molecule has 3 nitrogen and oxygen atoms in total. The molecule has 5 heteroatoms. The highest BCUT2D eigenvalue weighted by Gasteiger charge is 2.40. The zero-order valence-electron chi connectivity index (χ0n) is 10.7. The number of amides is 1. The Bertz CT molecular complexity index is 307. The Morgan fingerprint density at radius 2 is 2.33 bits per heavy atom. The average molecular weight is 287 g/mol. The summed E-state index contributed by atoms with van der Waals surface area (Å²) in [6.07, 6.45) is 7.08. The summed E-state index contributed by atoms with van der Waals surface area (Å²) in [4.78, 5) is 14.2. The number of rotatable bonds is 5. The van der Waals surface area contributed by atoms with Gasteiger partial charge in [0.2, 0.25) is 5.91 Å². The summed E-state index contributed by atoms with van der Waals surface area (Å²) in [6, 6.07) is 0.393. The van der Waals surface area contributed by atoms with Crippen molar-refractivity contribution in [1.82, 2.24) is 4.90 Å². The molecule has 3 atom stereocenters. The fourth-order valence-corrected chi connectivity index (χ4v) is 6.09. The van der Waals surface area contributed by atoms with Crippen molar-refractivity contribution in [3.63, 3.8) is 0 Å². The first kappa shape index (κ1) is 13.1. The maximum Gasteiger partial charge on any atom is 0.222 e. The molecule has 3 aliphatic heterocycles. The highest BCUT2D eigenvalue weighted by Crippen LogP contribution is 2.40. The maximum absolute atomic E-state index is 12.1. The molecule has 18 heavy (non-hydrogen) atoms. The number of carbonyl (C=O) groups is 1. The lowest BCUT2D eigenvalue weighted by atomic mass is 10.1. The van der Waals surface area contributed by atoms with Crippen molar-refractivity contribution in [2.45, 2.75) is 55.9 Å². The van der Waals surface area contributed by atoms with E-state index >= 15 is 0 Å². The summed E-state index contributed by atoms with van der Waals surface area (Å²) in [5, 5.41) is 0.848. The fourth-order valence-electron chi connectivity index (χ4n) is 3.06. The minimum Gasteiger partial charge on any atom is -0.374 e. The molecule has 0 aromatic heterocycles. The molecule has 3 saturated heterocycles. The van der Waals surface area contributed by atoms with Gasteiger partial charge in [-0.25, -0.2) is 0 Å². The first-order chi connectivity index (χ1) is 8.83. The lowest BCUT2D eigenvalue weighted by Gasteiger charge is -2.26. The van der Waals surface area contributed by atoms with Crippen LogP contribution in [0.1, 0.15) is 38.5 Å². The molecule has 3 fully saturated rings. The third kappa shape index (κ3) is 2.99. The summed E-state index contributed by atoms with van der Waals surface area (Å²) < 4.78 is 5.53. The average Bonchev–Trinajstić information content (AvgIpc) is 3.10. The van der Waals surface area contributed by atoms with Crippen LogP contribution in [0.25, 0.3) is 0 Å². The number of hydrogen-bond donors (Lipinski definition) is 0. The Kier molecular flexibility index (Phi) is 4.42. The van der Waals surface area contributed by atoms with Crippen LogP contribution >= 0.6 is 21.6 Å². The maximum atomic E-state index is 12.1. The van der Waals surface area contributed by atoms with E-state index in [-0.39, 0.29) is 0 Å². The van der Waals surface area contributed by atoms with Crippen LogP contribution in [-0.2, 0) is 9.53 Å². The van der Waals surface area contributed by atoms with E-state index in [0.717, 1.165) is 37.7 Å². The Labute approximate surface area is 117 Å². The SMILES string of the molecule is O=C(CCCC[C@@H]1CCSS1)N1C[C@H]2C[C@H]1CO2. The molecule has 0 unspecified atom stereocenters. The minimum atomic E-state index is 0.339. The zero-order chi connectivity index (χ0) is 12.4. The molecule has 3 aliphatic rings. The van der Waals surface area contributed by atoms with Gasteiger partial charge in [0.05, 0.1) is 18.8 Å². The number of nitrogens with zero attached hydrogens (tertiary/aromatic N) is 1. The molecule has 1 amide bonds. The van der Waals surface area contributed by atoms with Crippen LogP contribution < -0.4 is 0 Å². The van der Waals surface area contributed by atoms with Gasteiger partial charge >= 0.3 is 0 Å². The van der Waals surface area contributed by atoms with Gasteiger partial charge in [0, 0.05) is 24.0 Å². The lowest BCUT2D eigenvalue weighted by molar-refractivity contribution is -0.135. The van der Waals surface area contributed by atoms with E-state index in [1.54, 1.807) is 0 Å². The summed E-state index contributed by atoms with van der Waals surface area (Å²) in [5.41, 5.74) is 0. The van der Waals surface area contributed by atoms with Gasteiger partial charge in [-0.2, -0.15) is 0 Å². The molecule has 0 radical (unpaired) electrons. The summed E-state index contributed by atoms with van der Waals surface area (Å²) in [6.45, 7) is 1.62. The van der Waals surface area contributed by atoms with E-state index in [9.17, 15) is 4.79 Å². The van der Waals surface area contributed by atoms with Crippen LogP contribution in [0.5, 0.6) is 0 Å². The molecular formula is C13H21NO2S2. The van der Waals surface area contributed by atoms with Crippen LogP contribution in [0.4, 0.5) is 0 Å². The number of ether oxygens (including phenoxy) is 1. The highest BCUT2D eigenvalue weighted by atomic mass is 33.1. The molecule has 0 aromatic rings. The van der Waals surface area contributed by atoms with E-state index in [0.29, 0.717) is 18.1 Å². The lowest BCUT2D eigenvalue weighted by Crippen LogP contribution is -2.41. The van der Waals surface area contributed by atoms with Crippen molar-refractivity contribution in [1.29, 1.82) is 0 Å². The predicted octanol–water partition coefficient (Wildman–Crippen LogP) is 2.70. The smallest absolute Gasteiger partial charge is 0.222 e. The Hall–Kier alpha value is 0.130. The number of unbranched alkanes of at least 4 members (excludes halogenated alkanes) is 1. The van der Waals surface area contributed by atoms with Gasteiger partial charge in [0.25, 0.3) is 0 Å². The topological polar surface area (TPSA) is 29.5 Å². The van der Waals surface area contributed by atoms with Gasteiger partial charge in [0.1, 0.15) is 0 Å². The van der Waals surface area contributed by atoms with Gasteiger partial charge in [0.15, 0.2) is 0 Å². The van der Waals surface area contributed by atoms with Crippen LogP contribution in [-0.4, -0.2) is 47.1 Å². The molecule has 2 bridgehead atoms. The molecule has 0 saturated carbocycles. The summed E-state index contributed by atoms with van der Waals surface area (Å²) in [7, 11) is 4.04. The molecule has 0 aromatic carbocycles. The van der Waals surface area contributed by atoms with E-state index in [1.165, 1.54) is 25.0 Å². The van der Waals surface area contributed by atoms with Crippen molar-refractivity contribution in [3.05, 3.63) is 0 Å². The Balaban J connectivity index is 1.32. The van der Waals surface area contributed by atoms with Gasteiger partial charge in [-0.15, -0.1) is 0 Å². The van der Waals surface area contributed by atoms with Crippen LogP contribution in [0.2, 0.25) is 0 Å². The van der Waals surface area contributed by atoms with Crippen LogP contribution in [0.15, 0.2) is 0 Å². The van der Waals surface area contributed by atoms with Crippen molar-refractivity contribution >= 4 is 27.5 Å². The quantitative estimate of drug-likeness (QED) is 0.574. The Morgan fingerprint density at radius 3 is 3.00 bits per heavy atom. The number of morpholine rings is 1. The fraction of sp³-hybridized carbons (Fsp3) is 0.923. The van der Waals surface area contributed by atoms with Gasteiger partial charge in [-0.3, -0.25) is 4.79 Å². The second-order valence-electron chi connectivity index (χ2n) is 5.47. The molecule has 102 valence electrons. The first-order valence-corrected chi connectivity index (χ1v) is 9.40. The molecular weight excluding hydrogens is 266 g/mol. The van der Waals surface area contributed by atoms with E-state index in [4.69, 9.17) is 4.74 Å². The predicted molar refractivity (Wildman–Crippen MR) is 76.8 cm³/mol. The first-order valence-electron chi connectivity index (χ1n) is 7.02. The van der Waals surface area contributed by atoms with Crippen LogP contribution in [0, 0.1) is 0 Å². The zero-order valence-corrected chi connectivity index (χ0v) is 12.3. The monoisotopic (exact) mass is 287 g/mol. The number of carbonyl (C=O) groups excluding carboxylic acids is 1. The van der Waals surface area contributed by atoms with Crippen molar-refractivity contribution in [3.8, 4) is 0 Å². The highest BCUT2D eigenvalue weighted by molar-refractivity contribution is 8.77. The van der Waals surface area contributed by atoms with E-state index in [1.807, 2.05) is 21.6 Å². The normalized spacial score (nSPS) is 34.4. The number of fused-ring (bicyclic) bond motifs is 2. The van der Waals surface area contributed by atoms with Crippen molar-refractivity contribution in [2.24, 2.45) is 0 Å². The van der Waals surface area contributed by atoms with Crippen LogP contribution in [0.3, 0.4) is 0 Å². The third-order valence-corrected chi connectivity index (χ3v) is 7.12. The standard InChI is InChI=1S/C13H21NO2S2/c15-13(14-8-11-7-10(14)9-16-11)4-2-1-3-12-5-6-17-18-12/h10-12H,1-9H2/t10-,11+,12+/m0/s1. The van der Waals surface area contributed by atoms with Gasteiger partial charge in [-0.05, 0) is 25.7 Å². The molecule has 0 aliphatic carbocycles. The molecule has 0 spiro atoms. The van der Waals surface area contributed by atoms with Crippen molar-refractivity contribution in [2.75, 3.05) is 18.9 Å². The van der Waals surface area contributed by atoms with E-state index in [2.05, 4.69) is 4.90 Å². The number of hydrogen-bond acceptors (Lipinski definition) is 4. The third-order valence-electron chi connectivity index (χ3n) is 4.11. The molecule has 0 N–H and O–H groups in total. The second kappa shape index (κ2) is 6.06. The van der Waals surface area contributed by atoms with Crippen molar-refractivity contribution < 1.29 is 9.53 Å².